The fraction of sp³-hybridized carbons (Fsp3) is 0.727. The lowest BCUT2D eigenvalue weighted by atomic mass is 9.97. The van der Waals surface area contributed by atoms with E-state index in [2.05, 4.69) is 14.9 Å². The molecule has 1 aliphatic rings. The summed E-state index contributed by atoms with van der Waals surface area (Å²) in [5.41, 5.74) is 0.748. The van der Waals surface area contributed by atoms with Crippen LogP contribution in [-0.2, 0) is 0 Å². The number of nitrogens with zero attached hydrogens (tertiary/aromatic N) is 3. The van der Waals surface area contributed by atoms with Crippen LogP contribution in [0.2, 0.25) is 0 Å². The Morgan fingerprint density at radius 1 is 1.53 bits per heavy atom. The molecule has 0 bridgehead atoms. The molecule has 1 aromatic rings. The zero-order valence-corrected chi connectivity index (χ0v) is 11.1. The Balaban J connectivity index is 1.93. The largest absolute Gasteiger partial charge is 0.338 e. The molecule has 94 valence electrons. The zero-order chi connectivity index (χ0) is 12.3. The van der Waals surface area contributed by atoms with Crippen molar-refractivity contribution in [2.45, 2.75) is 19.8 Å². The van der Waals surface area contributed by atoms with E-state index >= 15 is 0 Å². The first-order chi connectivity index (χ1) is 8.22. The minimum Gasteiger partial charge on any atom is -0.338 e. The average Bonchev–Trinajstić information content (AvgIpc) is 2.76. The smallest absolute Gasteiger partial charge is 0.267 e. The second-order valence-corrected chi connectivity index (χ2v) is 5.23. The highest BCUT2D eigenvalue weighted by atomic mass is 32.1. The molecule has 0 spiro atoms. The molecule has 0 atom stereocenters. The zero-order valence-electron chi connectivity index (χ0n) is 10.3. The lowest BCUT2D eigenvalue weighted by Crippen LogP contribution is -2.40. The molecule has 1 aromatic heterocycles. The van der Waals surface area contributed by atoms with Crippen molar-refractivity contribution in [3.05, 3.63) is 10.6 Å². The summed E-state index contributed by atoms with van der Waals surface area (Å²) in [4.78, 5) is 14.8. The van der Waals surface area contributed by atoms with E-state index in [0.717, 1.165) is 38.2 Å². The van der Waals surface area contributed by atoms with E-state index in [-0.39, 0.29) is 5.91 Å². The third-order valence-electron chi connectivity index (χ3n) is 3.24. The third kappa shape index (κ3) is 2.81. The number of amides is 1. The molecule has 1 aliphatic heterocycles. The van der Waals surface area contributed by atoms with E-state index in [4.69, 9.17) is 0 Å². The summed E-state index contributed by atoms with van der Waals surface area (Å²) in [7, 11) is 1.98. The van der Waals surface area contributed by atoms with E-state index in [9.17, 15) is 4.79 Å². The highest BCUT2D eigenvalue weighted by molar-refractivity contribution is 7.07. The fourth-order valence-electron chi connectivity index (χ4n) is 2.20. The summed E-state index contributed by atoms with van der Waals surface area (Å²) in [6.45, 7) is 4.58. The molecule has 6 heteroatoms. The van der Waals surface area contributed by atoms with Gasteiger partial charge in [-0.25, -0.2) is 0 Å². The van der Waals surface area contributed by atoms with E-state index in [0.29, 0.717) is 10.8 Å². The normalized spacial score (nSPS) is 17.4. The van der Waals surface area contributed by atoms with Gasteiger partial charge in [0, 0.05) is 13.1 Å². The van der Waals surface area contributed by atoms with E-state index in [1.54, 1.807) is 0 Å². The van der Waals surface area contributed by atoms with Crippen LogP contribution >= 0.6 is 11.5 Å². The molecule has 5 nitrogen and oxygen atoms in total. The first-order valence-electron chi connectivity index (χ1n) is 5.95. The van der Waals surface area contributed by atoms with Gasteiger partial charge in [-0.15, -0.1) is 5.10 Å². The van der Waals surface area contributed by atoms with Crippen LogP contribution in [0.4, 0.5) is 0 Å². The Morgan fingerprint density at radius 2 is 2.24 bits per heavy atom. The van der Waals surface area contributed by atoms with E-state index in [1.807, 2.05) is 18.9 Å². The van der Waals surface area contributed by atoms with Crippen molar-refractivity contribution >= 4 is 17.4 Å². The van der Waals surface area contributed by atoms with Crippen LogP contribution < -0.4 is 5.32 Å². The van der Waals surface area contributed by atoms with Crippen LogP contribution in [0.25, 0.3) is 0 Å². The molecule has 0 unspecified atom stereocenters. The summed E-state index contributed by atoms with van der Waals surface area (Å²) >= 11 is 1.20. The van der Waals surface area contributed by atoms with Crippen molar-refractivity contribution < 1.29 is 4.79 Å². The van der Waals surface area contributed by atoms with E-state index < -0.39 is 0 Å². The quantitative estimate of drug-likeness (QED) is 0.871. The fourth-order valence-corrected chi connectivity index (χ4v) is 2.83. The number of aryl methyl sites for hydroxylation is 1. The minimum atomic E-state index is 0.0976. The van der Waals surface area contributed by atoms with Gasteiger partial charge in [0.25, 0.3) is 5.91 Å². The molecule has 1 N–H and O–H groups in total. The Labute approximate surface area is 105 Å². The van der Waals surface area contributed by atoms with Crippen molar-refractivity contribution in [3.63, 3.8) is 0 Å². The predicted octanol–water partition coefficient (Wildman–Crippen LogP) is 0.918. The van der Waals surface area contributed by atoms with Crippen molar-refractivity contribution in [3.8, 4) is 0 Å². The van der Waals surface area contributed by atoms with Crippen molar-refractivity contribution in [2.75, 3.05) is 26.7 Å². The van der Waals surface area contributed by atoms with Gasteiger partial charge in [0.1, 0.15) is 4.88 Å². The monoisotopic (exact) mass is 254 g/mol. The first-order valence-corrected chi connectivity index (χ1v) is 6.72. The minimum absolute atomic E-state index is 0.0976. The van der Waals surface area contributed by atoms with Crippen LogP contribution in [0.5, 0.6) is 0 Å². The Morgan fingerprint density at radius 3 is 2.76 bits per heavy atom. The lowest BCUT2D eigenvalue weighted by Gasteiger charge is -2.31. The van der Waals surface area contributed by atoms with Gasteiger partial charge in [-0.05, 0) is 50.8 Å². The number of piperidine rings is 1. The number of carbonyl (C=O) groups is 1. The summed E-state index contributed by atoms with van der Waals surface area (Å²) in [5.74, 6) is 0.796. The van der Waals surface area contributed by atoms with Crippen LogP contribution in [0.1, 0.15) is 28.2 Å². The molecule has 0 aromatic carbocycles. The number of hydrogen-bond acceptors (Lipinski definition) is 5. The molecule has 1 fully saturated rings. The van der Waals surface area contributed by atoms with Gasteiger partial charge in [0.05, 0.1) is 5.69 Å². The number of nitrogens with one attached hydrogen (secondary N) is 1. The number of hydrogen-bond donors (Lipinski definition) is 1. The molecular formula is C11H18N4OS. The van der Waals surface area contributed by atoms with Gasteiger partial charge < -0.3 is 10.2 Å². The first kappa shape index (κ1) is 12.4. The summed E-state index contributed by atoms with van der Waals surface area (Å²) < 4.78 is 3.82. The predicted molar refractivity (Wildman–Crippen MR) is 67.2 cm³/mol. The highest BCUT2D eigenvalue weighted by Crippen LogP contribution is 2.20. The Kier molecular flexibility index (Phi) is 4.06. The van der Waals surface area contributed by atoms with Gasteiger partial charge >= 0.3 is 0 Å². The molecule has 1 saturated heterocycles. The van der Waals surface area contributed by atoms with Crippen molar-refractivity contribution in [1.82, 2.24) is 19.8 Å². The maximum absolute atomic E-state index is 12.2. The third-order valence-corrected chi connectivity index (χ3v) is 4.06. The molecular weight excluding hydrogens is 236 g/mol. The molecule has 0 saturated carbocycles. The molecule has 1 amide bonds. The average molecular weight is 254 g/mol. The standard InChI is InChI=1S/C11H18N4OS/c1-8-10(17-14-13-8)11(16)15-5-3-9(4-6-15)7-12-2/h9,12H,3-7H2,1-2H3. The second-order valence-electron chi connectivity index (χ2n) is 4.48. The SMILES string of the molecule is CNCC1CCN(C(=O)c2snnc2C)CC1. The van der Waals surface area contributed by atoms with E-state index in [1.165, 1.54) is 11.5 Å². The summed E-state index contributed by atoms with van der Waals surface area (Å²) in [6.07, 6.45) is 2.16. The van der Waals surface area contributed by atoms with Gasteiger partial charge in [-0.3, -0.25) is 4.79 Å². The highest BCUT2D eigenvalue weighted by Gasteiger charge is 2.25. The maximum Gasteiger partial charge on any atom is 0.267 e. The Hall–Kier alpha value is -1.01. The Bertz CT molecular complexity index is 385. The molecule has 2 rings (SSSR count). The van der Waals surface area contributed by atoms with Gasteiger partial charge in [0.15, 0.2) is 0 Å². The van der Waals surface area contributed by atoms with Crippen LogP contribution in [0.3, 0.4) is 0 Å². The molecule has 2 heterocycles. The maximum atomic E-state index is 12.2. The number of likely N-dealkylation sites (tertiary alicyclic amines) is 1. The van der Waals surface area contributed by atoms with Crippen molar-refractivity contribution in [1.29, 1.82) is 0 Å². The van der Waals surface area contributed by atoms with Crippen molar-refractivity contribution in [2.24, 2.45) is 5.92 Å². The number of rotatable bonds is 3. The topological polar surface area (TPSA) is 58.1 Å². The number of aromatic nitrogens is 2. The van der Waals surface area contributed by atoms with Crippen LogP contribution in [0.15, 0.2) is 0 Å². The van der Waals surface area contributed by atoms with Crippen LogP contribution in [0, 0.1) is 12.8 Å². The summed E-state index contributed by atoms with van der Waals surface area (Å²) in [6, 6.07) is 0. The lowest BCUT2D eigenvalue weighted by molar-refractivity contribution is 0.0695. The van der Waals surface area contributed by atoms with Gasteiger partial charge in [-0.2, -0.15) is 0 Å². The van der Waals surface area contributed by atoms with Crippen LogP contribution in [-0.4, -0.2) is 47.1 Å². The molecule has 17 heavy (non-hydrogen) atoms. The van der Waals surface area contributed by atoms with Gasteiger partial charge in [0.2, 0.25) is 0 Å². The molecule has 0 aliphatic carbocycles. The second kappa shape index (κ2) is 5.55. The number of carbonyl (C=O) groups excluding carboxylic acids is 1. The summed E-state index contributed by atoms with van der Waals surface area (Å²) in [5, 5.41) is 7.08. The van der Waals surface area contributed by atoms with Gasteiger partial charge in [-0.1, -0.05) is 4.49 Å². The molecule has 0 radical (unpaired) electrons.